The third kappa shape index (κ3) is 5.85. The summed E-state index contributed by atoms with van der Waals surface area (Å²) in [7, 11) is 2.04. The van der Waals surface area contributed by atoms with E-state index in [0.717, 1.165) is 41.7 Å². The first kappa shape index (κ1) is 21.4. The average Bonchev–Trinajstić information content (AvgIpc) is 3.43. The number of nitrogens with zero attached hydrogens (tertiary/aromatic N) is 2. The molecule has 31 heavy (non-hydrogen) atoms. The summed E-state index contributed by atoms with van der Waals surface area (Å²) in [5, 5.41) is 0. The van der Waals surface area contributed by atoms with Crippen LogP contribution in [0.1, 0.15) is 18.1 Å². The number of rotatable bonds is 10. The van der Waals surface area contributed by atoms with Gasteiger partial charge in [0.25, 0.3) is 0 Å². The molecule has 0 aliphatic carbocycles. The molecular formula is C25H29N3O2S. The van der Waals surface area contributed by atoms with Gasteiger partial charge in [0.2, 0.25) is 0 Å². The maximum atomic E-state index is 6.00. The van der Waals surface area contributed by atoms with Crippen LogP contribution in [-0.2, 0) is 13.0 Å². The Bertz CT molecular complexity index is 988. The third-order valence-electron chi connectivity index (χ3n) is 5.31. The predicted octanol–water partition coefficient (Wildman–Crippen LogP) is 5.19. The standard InChI is InChI=1S/C25H29N3O2S/c1-25(18-26-19-31-25)16-20-8-10-22(11-9-20)29-15-14-28(2)24-23(12-13-27-24)30-17-21-6-4-3-5-7-21/h3-13,18,27H,14-17,19H2,1-2H3. The van der Waals surface area contributed by atoms with Crippen molar-refractivity contribution in [2.75, 3.05) is 31.0 Å². The molecule has 4 rings (SSSR count). The van der Waals surface area contributed by atoms with Gasteiger partial charge in [0.1, 0.15) is 24.8 Å². The highest BCUT2D eigenvalue weighted by Gasteiger charge is 2.26. The molecule has 1 aromatic heterocycles. The van der Waals surface area contributed by atoms with E-state index in [9.17, 15) is 0 Å². The second-order valence-electron chi connectivity index (χ2n) is 7.95. The zero-order chi connectivity index (χ0) is 21.5. The van der Waals surface area contributed by atoms with Crippen LogP contribution >= 0.6 is 11.8 Å². The first-order valence-corrected chi connectivity index (χ1v) is 11.5. The average molecular weight is 436 g/mol. The number of hydrogen-bond acceptors (Lipinski definition) is 5. The van der Waals surface area contributed by atoms with Crippen LogP contribution in [0.4, 0.5) is 5.82 Å². The van der Waals surface area contributed by atoms with Gasteiger partial charge >= 0.3 is 0 Å². The van der Waals surface area contributed by atoms with Gasteiger partial charge in [0, 0.05) is 19.5 Å². The van der Waals surface area contributed by atoms with Crippen molar-refractivity contribution in [3.8, 4) is 11.5 Å². The molecule has 1 aliphatic rings. The van der Waals surface area contributed by atoms with Gasteiger partial charge in [0.05, 0.1) is 17.2 Å². The fraction of sp³-hybridized carbons (Fsp3) is 0.320. The summed E-state index contributed by atoms with van der Waals surface area (Å²) >= 11 is 1.89. The lowest BCUT2D eigenvalue weighted by Crippen LogP contribution is -2.24. The number of nitrogens with one attached hydrogen (secondary N) is 1. The molecule has 3 aromatic rings. The number of likely N-dealkylation sites (N-methyl/N-ethyl adjacent to an activating group) is 1. The summed E-state index contributed by atoms with van der Waals surface area (Å²) in [6, 6.07) is 20.6. The van der Waals surface area contributed by atoms with E-state index < -0.39 is 0 Å². The zero-order valence-electron chi connectivity index (χ0n) is 18.1. The number of benzene rings is 2. The molecule has 1 N–H and O–H groups in total. The molecule has 0 radical (unpaired) electrons. The zero-order valence-corrected chi connectivity index (χ0v) is 18.9. The Hall–Kier alpha value is -2.86. The van der Waals surface area contributed by atoms with Crippen LogP contribution < -0.4 is 14.4 Å². The number of aliphatic imine (C=N–C) groups is 1. The number of aromatic nitrogens is 1. The predicted molar refractivity (Wildman–Crippen MR) is 130 cm³/mol. The summed E-state index contributed by atoms with van der Waals surface area (Å²) < 4.78 is 12.1. The molecular weight excluding hydrogens is 406 g/mol. The van der Waals surface area contributed by atoms with Crippen molar-refractivity contribution in [3.63, 3.8) is 0 Å². The normalized spacial score (nSPS) is 17.6. The quantitative estimate of drug-likeness (QED) is 0.476. The highest BCUT2D eigenvalue weighted by molar-refractivity contribution is 8.01. The maximum absolute atomic E-state index is 6.00. The van der Waals surface area contributed by atoms with Crippen LogP contribution in [0.15, 0.2) is 71.9 Å². The molecule has 2 heterocycles. The molecule has 0 amide bonds. The highest BCUT2D eigenvalue weighted by Crippen LogP contribution is 2.32. The minimum Gasteiger partial charge on any atom is -0.492 e. The largest absolute Gasteiger partial charge is 0.492 e. The SMILES string of the molecule is CN(CCOc1ccc(CC2(C)C=NCS2)cc1)c1[nH]ccc1OCc1ccccc1. The minimum atomic E-state index is 0.113. The molecule has 1 unspecified atom stereocenters. The number of H-pyrrole nitrogens is 1. The lowest BCUT2D eigenvalue weighted by atomic mass is 10.0. The molecule has 0 saturated carbocycles. The van der Waals surface area contributed by atoms with E-state index in [2.05, 4.69) is 64.4 Å². The Kier molecular flexibility index (Phi) is 6.87. The van der Waals surface area contributed by atoms with Crippen molar-refractivity contribution in [1.29, 1.82) is 0 Å². The molecule has 0 spiro atoms. The van der Waals surface area contributed by atoms with E-state index in [-0.39, 0.29) is 4.75 Å². The molecule has 1 atom stereocenters. The fourth-order valence-electron chi connectivity index (χ4n) is 3.57. The fourth-order valence-corrected chi connectivity index (χ4v) is 4.43. The first-order chi connectivity index (χ1) is 15.1. The number of aromatic amines is 1. The van der Waals surface area contributed by atoms with Gasteiger partial charge in [-0.3, -0.25) is 4.99 Å². The topological polar surface area (TPSA) is 49.8 Å². The van der Waals surface area contributed by atoms with Crippen molar-refractivity contribution in [2.45, 2.75) is 24.7 Å². The van der Waals surface area contributed by atoms with Crippen LogP contribution in [0.2, 0.25) is 0 Å². The smallest absolute Gasteiger partial charge is 0.161 e. The number of hydrogen-bond donors (Lipinski definition) is 1. The first-order valence-electron chi connectivity index (χ1n) is 10.5. The van der Waals surface area contributed by atoms with E-state index in [1.807, 2.05) is 49.3 Å². The second-order valence-corrected chi connectivity index (χ2v) is 9.43. The summed E-state index contributed by atoms with van der Waals surface area (Å²) in [6.07, 6.45) is 4.97. The van der Waals surface area contributed by atoms with Gasteiger partial charge in [-0.15, -0.1) is 11.8 Å². The number of ether oxygens (including phenoxy) is 2. The molecule has 162 valence electrons. The number of anilines is 1. The van der Waals surface area contributed by atoms with Gasteiger partial charge in [0.15, 0.2) is 5.75 Å². The van der Waals surface area contributed by atoms with Crippen molar-refractivity contribution >= 4 is 23.8 Å². The Balaban J connectivity index is 1.24. The Morgan fingerprint density at radius 1 is 1.03 bits per heavy atom. The molecule has 0 fully saturated rings. The van der Waals surface area contributed by atoms with E-state index in [1.165, 1.54) is 5.56 Å². The lowest BCUT2D eigenvalue weighted by molar-refractivity contribution is 0.304. The summed E-state index contributed by atoms with van der Waals surface area (Å²) in [5.41, 5.74) is 2.45. The van der Waals surface area contributed by atoms with Crippen LogP contribution in [0.5, 0.6) is 11.5 Å². The lowest BCUT2D eigenvalue weighted by Gasteiger charge is -2.20. The van der Waals surface area contributed by atoms with Crippen LogP contribution in [0, 0.1) is 0 Å². The van der Waals surface area contributed by atoms with Gasteiger partial charge in [-0.2, -0.15) is 0 Å². The van der Waals surface area contributed by atoms with Crippen LogP contribution in [-0.4, -0.2) is 42.0 Å². The van der Waals surface area contributed by atoms with Crippen molar-refractivity contribution < 1.29 is 9.47 Å². The Morgan fingerprint density at radius 3 is 2.58 bits per heavy atom. The molecule has 2 aromatic carbocycles. The molecule has 0 bridgehead atoms. The summed E-state index contributed by atoms with van der Waals surface area (Å²) in [4.78, 5) is 9.74. The van der Waals surface area contributed by atoms with Gasteiger partial charge in [-0.1, -0.05) is 42.5 Å². The molecule has 5 nitrogen and oxygen atoms in total. The van der Waals surface area contributed by atoms with Gasteiger partial charge in [-0.25, -0.2) is 0 Å². The highest BCUT2D eigenvalue weighted by atomic mass is 32.2. The second kappa shape index (κ2) is 9.96. The van der Waals surface area contributed by atoms with Gasteiger partial charge in [-0.05, 0) is 42.7 Å². The van der Waals surface area contributed by atoms with E-state index in [1.54, 1.807) is 0 Å². The van der Waals surface area contributed by atoms with E-state index >= 15 is 0 Å². The summed E-state index contributed by atoms with van der Waals surface area (Å²) in [6.45, 7) is 4.13. The summed E-state index contributed by atoms with van der Waals surface area (Å²) in [5.74, 6) is 3.56. The Labute approximate surface area is 188 Å². The third-order valence-corrected chi connectivity index (χ3v) is 6.50. The van der Waals surface area contributed by atoms with E-state index in [4.69, 9.17) is 9.47 Å². The van der Waals surface area contributed by atoms with Gasteiger partial charge < -0.3 is 19.4 Å². The molecule has 1 aliphatic heterocycles. The minimum absolute atomic E-state index is 0.113. The maximum Gasteiger partial charge on any atom is 0.161 e. The van der Waals surface area contributed by atoms with Crippen molar-refractivity contribution in [2.24, 2.45) is 4.99 Å². The Morgan fingerprint density at radius 2 is 1.84 bits per heavy atom. The van der Waals surface area contributed by atoms with Crippen LogP contribution in [0.25, 0.3) is 0 Å². The van der Waals surface area contributed by atoms with Crippen LogP contribution in [0.3, 0.4) is 0 Å². The van der Waals surface area contributed by atoms with Crippen molar-refractivity contribution in [3.05, 3.63) is 78.0 Å². The monoisotopic (exact) mass is 435 g/mol. The molecule has 6 heteroatoms. The molecule has 0 saturated heterocycles. The number of thioether (sulfide) groups is 1. The van der Waals surface area contributed by atoms with E-state index in [0.29, 0.717) is 13.2 Å². The van der Waals surface area contributed by atoms with Crippen molar-refractivity contribution in [1.82, 2.24) is 4.98 Å².